The molecule has 2 aromatic carbocycles. The lowest BCUT2D eigenvalue weighted by Crippen LogP contribution is -2.24. The van der Waals surface area contributed by atoms with E-state index in [1.54, 1.807) is 7.05 Å². The van der Waals surface area contributed by atoms with Crippen LogP contribution in [0.2, 0.25) is 0 Å². The van der Waals surface area contributed by atoms with Crippen LogP contribution in [0.15, 0.2) is 99.2 Å². The molecule has 1 atom stereocenters. The molecule has 1 saturated carbocycles. The minimum atomic E-state index is -0.449. The first-order valence-electron chi connectivity index (χ1n) is 13.0. The molecule has 1 aliphatic heterocycles. The van der Waals surface area contributed by atoms with Crippen LogP contribution < -0.4 is 5.73 Å². The molecule has 6 rings (SSSR count). The first-order chi connectivity index (χ1) is 18.6. The Hall–Kier alpha value is -4.57. The van der Waals surface area contributed by atoms with Crippen LogP contribution in [0.1, 0.15) is 62.6 Å². The van der Waals surface area contributed by atoms with Gasteiger partial charge in [-0.1, -0.05) is 44.2 Å². The number of allylic oxidation sites excluding steroid dienone is 3. The molecular weight excluding hydrogens is 474 g/mol. The predicted molar refractivity (Wildman–Crippen MR) is 149 cm³/mol. The summed E-state index contributed by atoms with van der Waals surface area (Å²) in [5.41, 5.74) is 10.7. The molecule has 3 heterocycles. The molecule has 0 amide bonds. The molecule has 0 saturated heterocycles. The molecule has 38 heavy (non-hydrogen) atoms. The molecule has 0 radical (unpaired) electrons. The summed E-state index contributed by atoms with van der Waals surface area (Å²) in [6, 6.07) is 20.2. The van der Waals surface area contributed by atoms with Crippen molar-refractivity contribution in [3.05, 3.63) is 107 Å². The van der Waals surface area contributed by atoms with E-state index in [-0.39, 0.29) is 5.88 Å². The van der Waals surface area contributed by atoms with Gasteiger partial charge in [-0.3, -0.25) is 4.99 Å². The van der Waals surface area contributed by atoms with E-state index < -0.39 is 5.92 Å². The number of nitrogens with zero attached hydrogens (tertiary/aromatic N) is 4. The van der Waals surface area contributed by atoms with Crippen molar-refractivity contribution in [3.63, 3.8) is 0 Å². The number of hydrogen-bond acceptors (Lipinski definition) is 6. The molecule has 2 aliphatic rings. The maximum atomic E-state index is 10.1. The predicted octanol–water partition coefficient (Wildman–Crippen LogP) is 6.72. The van der Waals surface area contributed by atoms with Gasteiger partial charge in [0, 0.05) is 42.0 Å². The summed E-state index contributed by atoms with van der Waals surface area (Å²) in [6.45, 7) is 5.85. The maximum absolute atomic E-state index is 10.1. The highest BCUT2D eigenvalue weighted by Crippen LogP contribution is 2.42. The number of nitrogens with two attached hydrogens (primary N) is 1. The number of ether oxygens (including phenoxy) is 1. The van der Waals surface area contributed by atoms with E-state index in [0.29, 0.717) is 28.7 Å². The first-order valence-corrected chi connectivity index (χ1v) is 13.0. The van der Waals surface area contributed by atoms with E-state index in [1.807, 2.05) is 75.6 Å². The van der Waals surface area contributed by atoms with Gasteiger partial charge >= 0.3 is 0 Å². The quantitative estimate of drug-likeness (QED) is 0.303. The second-order valence-corrected chi connectivity index (χ2v) is 9.14. The van der Waals surface area contributed by atoms with Crippen LogP contribution in [0.25, 0.3) is 16.7 Å². The second kappa shape index (κ2) is 10.4. The Kier molecular flexibility index (Phi) is 6.89. The van der Waals surface area contributed by atoms with Gasteiger partial charge in [0.05, 0.1) is 5.92 Å². The molecule has 4 aromatic rings. The van der Waals surface area contributed by atoms with Gasteiger partial charge in [-0.05, 0) is 49.6 Å². The van der Waals surface area contributed by atoms with Gasteiger partial charge in [-0.15, -0.1) is 0 Å². The van der Waals surface area contributed by atoms with E-state index >= 15 is 0 Å². The van der Waals surface area contributed by atoms with E-state index in [1.165, 1.54) is 12.8 Å². The van der Waals surface area contributed by atoms with Crippen molar-refractivity contribution in [3.8, 4) is 11.8 Å². The van der Waals surface area contributed by atoms with Crippen LogP contribution in [0.3, 0.4) is 0 Å². The summed E-state index contributed by atoms with van der Waals surface area (Å²) in [6.07, 6.45) is 6.20. The number of aliphatic imine (C=N–C) groups is 1. The molecule has 7 nitrogen and oxygen atoms in total. The Morgan fingerprint density at radius 3 is 2.53 bits per heavy atom. The van der Waals surface area contributed by atoms with Crippen molar-refractivity contribution in [1.82, 2.24) is 9.55 Å². The number of nitriles is 1. The van der Waals surface area contributed by atoms with Crippen molar-refractivity contribution in [1.29, 1.82) is 5.26 Å². The average Bonchev–Trinajstić information content (AvgIpc) is 3.51. The average molecular weight is 506 g/mol. The van der Waals surface area contributed by atoms with Gasteiger partial charge in [-0.2, -0.15) is 5.26 Å². The van der Waals surface area contributed by atoms with E-state index in [2.05, 4.69) is 32.7 Å². The molecule has 1 aliphatic carbocycles. The van der Waals surface area contributed by atoms with Crippen LogP contribution >= 0.6 is 0 Å². The third kappa shape index (κ3) is 4.39. The molecule has 0 spiro atoms. The van der Waals surface area contributed by atoms with Crippen LogP contribution in [0, 0.1) is 11.3 Å². The molecule has 1 unspecified atom stereocenters. The number of fused-ring (bicyclic) bond motifs is 1. The summed E-state index contributed by atoms with van der Waals surface area (Å²) in [7, 11) is 1.72. The summed E-state index contributed by atoms with van der Waals surface area (Å²) in [5, 5.41) is 11.1. The Balaban J connectivity index is 0.00000144. The van der Waals surface area contributed by atoms with Gasteiger partial charge in [0.1, 0.15) is 34.5 Å². The zero-order valence-electron chi connectivity index (χ0n) is 22.1. The highest BCUT2D eigenvalue weighted by atomic mass is 16.5. The van der Waals surface area contributed by atoms with Crippen molar-refractivity contribution in [2.24, 2.45) is 10.7 Å². The van der Waals surface area contributed by atoms with E-state index in [4.69, 9.17) is 14.9 Å². The molecule has 192 valence electrons. The smallest absolute Gasteiger partial charge is 0.205 e. The standard InChI is InChI=1S/C29H25N5O2.C2H6/c1-17-25(27(32-2)24-15-20-5-3-4-6-23(20)36-24)26(22(16-30)28(31)35-17)18-9-11-21(12-10-18)34-14-13-33-29(34)19-7-8-19;1-2/h3-6,9-15,19,26H,7-8,31H2,1-2H3;1-2H3. The molecule has 0 bridgehead atoms. The Labute approximate surface area is 222 Å². The SMILES string of the molecule is CC.CN=C(C1=C(C)OC(N)=C(C#N)C1c1ccc(-n2ccnc2C2CC2)cc1)c1cc2ccccc2o1. The van der Waals surface area contributed by atoms with Crippen LogP contribution in [0.5, 0.6) is 0 Å². The number of imidazole rings is 1. The lowest BCUT2D eigenvalue weighted by atomic mass is 9.80. The largest absolute Gasteiger partial charge is 0.454 e. The Morgan fingerprint density at radius 1 is 1.13 bits per heavy atom. The summed E-state index contributed by atoms with van der Waals surface area (Å²) in [5.74, 6) is 2.49. The van der Waals surface area contributed by atoms with E-state index in [9.17, 15) is 5.26 Å². The number of para-hydroxylation sites is 1. The third-order valence-corrected chi connectivity index (χ3v) is 6.86. The first kappa shape index (κ1) is 25.1. The van der Waals surface area contributed by atoms with Crippen molar-refractivity contribution >= 4 is 16.7 Å². The Bertz CT molecular complexity index is 1570. The minimum absolute atomic E-state index is 0.110. The van der Waals surface area contributed by atoms with Crippen LogP contribution in [-0.4, -0.2) is 22.3 Å². The van der Waals surface area contributed by atoms with Crippen LogP contribution in [0.4, 0.5) is 0 Å². The fraction of sp³-hybridized carbons (Fsp3) is 0.258. The highest BCUT2D eigenvalue weighted by molar-refractivity contribution is 6.14. The topological polar surface area (TPSA) is 102 Å². The summed E-state index contributed by atoms with van der Waals surface area (Å²) < 4.78 is 14.1. The van der Waals surface area contributed by atoms with Gasteiger partial charge in [-0.25, -0.2) is 4.98 Å². The van der Waals surface area contributed by atoms with Gasteiger partial charge < -0.3 is 19.5 Å². The summed E-state index contributed by atoms with van der Waals surface area (Å²) in [4.78, 5) is 9.15. The fourth-order valence-electron chi connectivity index (χ4n) is 4.99. The monoisotopic (exact) mass is 505 g/mol. The number of rotatable bonds is 5. The molecule has 1 fully saturated rings. The zero-order chi connectivity index (χ0) is 26.8. The Morgan fingerprint density at radius 2 is 1.87 bits per heavy atom. The third-order valence-electron chi connectivity index (χ3n) is 6.86. The molecule has 2 aromatic heterocycles. The number of aromatic nitrogens is 2. The number of benzene rings is 2. The van der Waals surface area contributed by atoms with E-state index in [0.717, 1.165) is 33.6 Å². The zero-order valence-corrected chi connectivity index (χ0v) is 22.1. The van der Waals surface area contributed by atoms with Crippen molar-refractivity contribution in [2.45, 2.75) is 45.4 Å². The molecular formula is C31H31N5O2. The molecule has 7 heteroatoms. The van der Waals surface area contributed by atoms with Crippen LogP contribution in [-0.2, 0) is 4.74 Å². The number of hydrogen-bond donors (Lipinski definition) is 1. The second-order valence-electron chi connectivity index (χ2n) is 9.14. The van der Waals surface area contributed by atoms with Gasteiger partial charge in [0.2, 0.25) is 5.88 Å². The lowest BCUT2D eigenvalue weighted by molar-refractivity contribution is 0.283. The fourth-order valence-corrected chi connectivity index (χ4v) is 4.99. The van der Waals surface area contributed by atoms with Gasteiger partial charge in [0.25, 0.3) is 0 Å². The molecule has 2 N–H and O–H groups in total. The maximum Gasteiger partial charge on any atom is 0.205 e. The highest BCUT2D eigenvalue weighted by Gasteiger charge is 2.35. The normalized spacial score (nSPS) is 17.7. The van der Waals surface area contributed by atoms with Gasteiger partial charge in [0.15, 0.2) is 5.76 Å². The summed E-state index contributed by atoms with van der Waals surface area (Å²) >= 11 is 0. The van der Waals surface area contributed by atoms with Crippen molar-refractivity contribution < 1.29 is 9.15 Å². The lowest BCUT2D eigenvalue weighted by Gasteiger charge is -2.28. The number of furan rings is 1. The van der Waals surface area contributed by atoms with Crippen molar-refractivity contribution in [2.75, 3.05) is 7.05 Å². The minimum Gasteiger partial charge on any atom is -0.454 e.